The lowest BCUT2D eigenvalue weighted by molar-refractivity contribution is -0.274. The highest BCUT2D eigenvalue weighted by molar-refractivity contribution is 6.32. The number of primary amides is 1. The second-order valence-electron chi connectivity index (χ2n) is 6.37. The summed E-state index contributed by atoms with van der Waals surface area (Å²) in [4.78, 5) is 31.1. The Morgan fingerprint density at radius 1 is 1.25 bits per heavy atom. The van der Waals surface area contributed by atoms with Crippen LogP contribution in [0.4, 0.5) is 31.1 Å². The average molecular weight is 485 g/mol. The third-order valence-electron chi connectivity index (χ3n) is 4.18. The van der Waals surface area contributed by atoms with Gasteiger partial charge in [-0.1, -0.05) is 17.7 Å². The lowest BCUT2D eigenvalue weighted by Crippen LogP contribution is -2.35. The van der Waals surface area contributed by atoms with Gasteiger partial charge in [0.25, 0.3) is 5.91 Å². The normalized spacial score (nSPS) is 17.8. The van der Waals surface area contributed by atoms with Gasteiger partial charge in [0.15, 0.2) is 6.10 Å². The van der Waals surface area contributed by atoms with Crippen molar-refractivity contribution in [3.8, 4) is 5.75 Å². The predicted molar refractivity (Wildman–Crippen MR) is 93.2 cm³/mol. The van der Waals surface area contributed by atoms with Crippen molar-refractivity contribution in [2.24, 2.45) is 5.73 Å². The molecular weight excluding hydrogens is 474 g/mol. The van der Waals surface area contributed by atoms with Crippen molar-refractivity contribution in [1.82, 2.24) is 14.9 Å². The fraction of sp³-hybridized carbons (Fsp3) is 0.294. The molecule has 0 saturated carbocycles. The maximum absolute atomic E-state index is 13.1. The number of nitrogens with zero attached hydrogens (tertiary/aromatic N) is 3. The summed E-state index contributed by atoms with van der Waals surface area (Å²) in [6.07, 6.45) is -11.7. The Hall–Kier alpha value is -3.29. The van der Waals surface area contributed by atoms with Crippen LogP contribution < -0.4 is 10.5 Å². The average Bonchev–Trinajstić information content (AvgIpc) is 3.05. The van der Waals surface area contributed by atoms with Gasteiger partial charge in [-0.2, -0.15) is 13.2 Å². The standard InChI is InChI=1S/C17H11ClF6N4O4/c18-8-5-7(1-2-10(8)32-17(22,23)24)12(28-6-11(13(25)29)31-15(28)30)9-3-4-26-14(27-9)16(19,20)21/h1-5,11-12H,6H2,(H2,25,29)/t11?,12-/m0/s1. The first-order valence-electron chi connectivity index (χ1n) is 8.48. The summed E-state index contributed by atoms with van der Waals surface area (Å²) in [5, 5.41) is -0.547. The molecule has 32 heavy (non-hydrogen) atoms. The molecule has 172 valence electrons. The lowest BCUT2D eigenvalue weighted by Gasteiger charge is -2.26. The molecule has 0 aliphatic carbocycles. The van der Waals surface area contributed by atoms with Gasteiger partial charge in [-0.15, -0.1) is 13.2 Å². The fourth-order valence-corrected chi connectivity index (χ4v) is 3.13. The van der Waals surface area contributed by atoms with Crippen LogP contribution in [0, 0.1) is 0 Å². The van der Waals surface area contributed by atoms with Crippen LogP contribution in [0.5, 0.6) is 5.75 Å². The molecule has 0 radical (unpaired) electrons. The number of ether oxygens (including phenoxy) is 2. The van der Waals surface area contributed by atoms with Crippen molar-refractivity contribution >= 4 is 23.6 Å². The molecule has 15 heteroatoms. The molecule has 2 atom stereocenters. The van der Waals surface area contributed by atoms with Gasteiger partial charge < -0.3 is 15.2 Å². The minimum Gasteiger partial charge on any atom is -0.434 e. The van der Waals surface area contributed by atoms with E-state index in [4.69, 9.17) is 22.1 Å². The minimum atomic E-state index is -5.05. The number of rotatable bonds is 5. The molecule has 1 aliphatic heterocycles. The number of alkyl halides is 6. The van der Waals surface area contributed by atoms with Gasteiger partial charge in [-0.25, -0.2) is 14.8 Å². The van der Waals surface area contributed by atoms with Crippen LogP contribution in [0.1, 0.15) is 23.1 Å². The maximum atomic E-state index is 13.1. The zero-order valence-corrected chi connectivity index (χ0v) is 16.2. The van der Waals surface area contributed by atoms with Gasteiger partial charge in [0.05, 0.1) is 17.3 Å². The monoisotopic (exact) mass is 484 g/mol. The van der Waals surface area contributed by atoms with Crippen molar-refractivity contribution in [2.45, 2.75) is 24.7 Å². The SMILES string of the molecule is NC(=O)C1CN([C@@H](c2ccc(OC(F)(F)F)c(Cl)c2)c2ccnc(C(F)(F)F)n2)C(=O)O1. The first kappa shape index (κ1) is 23.4. The Balaban J connectivity index is 2.09. The summed E-state index contributed by atoms with van der Waals surface area (Å²) in [6.45, 7) is -0.456. The van der Waals surface area contributed by atoms with Gasteiger partial charge in [0.2, 0.25) is 5.82 Å². The van der Waals surface area contributed by atoms with E-state index in [1.807, 2.05) is 0 Å². The largest absolute Gasteiger partial charge is 0.573 e. The van der Waals surface area contributed by atoms with E-state index >= 15 is 0 Å². The van der Waals surface area contributed by atoms with Crippen molar-refractivity contribution < 1.29 is 45.4 Å². The number of carbonyl (C=O) groups is 2. The molecule has 1 aromatic carbocycles. The van der Waals surface area contributed by atoms with Gasteiger partial charge in [0, 0.05) is 6.20 Å². The third-order valence-corrected chi connectivity index (χ3v) is 4.47. The summed E-state index contributed by atoms with van der Waals surface area (Å²) < 4.78 is 85.4. The van der Waals surface area contributed by atoms with Crippen LogP contribution >= 0.6 is 11.6 Å². The lowest BCUT2D eigenvalue weighted by atomic mass is 10.0. The second kappa shape index (κ2) is 8.33. The fourth-order valence-electron chi connectivity index (χ4n) is 2.91. The molecule has 2 heterocycles. The number of benzene rings is 1. The van der Waals surface area contributed by atoms with Crippen molar-refractivity contribution in [3.05, 3.63) is 52.6 Å². The molecule has 0 spiro atoms. The van der Waals surface area contributed by atoms with Crippen molar-refractivity contribution in [3.63, 3.8) is 0 Å². The zero-order chi connectivity index (χ0) is 23.8. The number of carbonyl (C=O) groups excluding carboxylic acids is 2. The molecule has 1 saturated heterocycles. The molecule has 3 rings (SSSR count). The Kier molecular flexibility index (Phi) is 6.09. The van der Waals surface area contributed by atoms with Gasteiger partial charge in [-0.05, 0) is 23.8 Å². The van der Waals surface area contributed by atoms with E-state index in [-0.39, 0.29) is 11.3 Å². The third kappa shape index (κ3) is 5.12. The highest BCUT2D eigenvalue weighted by Gasteiger charge is 2.42. The molecular formula is C17H11ClF6N4O4. The van der Waals surface area contributed by atoms with E-state index in [1.165, 1.54) is 0 Å². The molecule has 1 aliphatic rings. The Morgan fingerprint density at radius 2 is 1.94 bits per heavy atom. The number of aromatic nitrogens is 2. The summed E-state index contributed by atoms with van der Waals surface area (Å²) in [5.74, 6) is -3.31. The highest BCUT2D eigenvalue weighted by Crippen LogP contribution is 2.37. The van der Waals surface area contributed by atoms with Crippen LogP contribution in [0.15, 0.2) is 30.5 Å². The zero-order valence-electron chi connectivity index (χ0n) is 15.4. The van der Waals surface area contributed by atoms with E-state index < -0.39 is 59.8 Å². The number of amides is 2. The second-order valence-corrected chi connectivity index (χ2v) is 6.78. The summed E-state index contributed by atoms with van der Waals surface area (Å²) in [7, 11) is 0. The molecule has 1 fully saturated rings. The topological polar surface area (TPSA) is 108 Å². The summed E-state index contributed by atoms with van der Waals surface area (Å²) >= 11 is 5.85. The molecule has 2 amide bonds. The number of hydrogen-bond acceptors (Lipinski definition) is 6. The number of cyclic esters (lactones) is 1. The number of halogens is 7. The first-order chi connectivity index (χ1) is 14.8. The van der Waals surface area contributed by atoms with E-state index in [0.29, 0.717) is 0 Å². The van der Waals surface area contributed by atoms with Crippen molar-refractivity contribution in [1.29, 1.82) is 0 Å². The quantitative estimate of drug-likeness (QED) is 0.651. The Labute approximate surface area is 179 Å². The Bertz CT molecular complexity index is 1050. The van der Waals surface area contributed by atoms with Gasteiger partial charge in [0.1, 0.15) is 11.8 Å². The Morgan fingerprint density at radius 3 is 2.47 bits per heavy atom. The molecule has 2 aromatic rings. The van der Waals surface area contributed by atoms with Gasteiger partial charge >= 0.3 is 18.6 Å². The molecule has 0 bridgehead atoms. The number of hydrogen-bond donors (Lipinski definition) is 1. The minimum absolute atomic E-state index is 0.0431. The van der Waals surface area contributed by atoms with Crippen LogP contribution in [-0.4, -0.2) is 45.9 Å². The molecule has 1 unspecified atom stereocenters. The van der Waals surface area contributed by atoms with E-state index in [1.54, 1.807) is 0 Å². The van der Waals surface area contributed by atoms with E-state index in [2.05, 4.69) is 14.7 Å². The first-order valence-corrected chi connectivity index (χ1v) is 8.86. The van der Waals surface area contributed by atoms with Crippen LogP contribution in [0.25, 0.3) is 0 Å². The molecule has 2 N–H and O–H groups in total. The maximum Gasteiger partial charge on any atom is 0.573 e. The van der Waals surface area contributed by atoms with E-state index in [0.717, 1.165) is 35.4 Å². The summed E-state index contributed by atoms with van der Waals surface area (Å²) in [5.41, 5.74) is 4.71. The van der Waals surface area contributed by atoms with Gasteiger partial charge in [-0.3, -0.25) is 9.69 Å². The van der Waals surface area contributed by atoms with E-state index in [9.17, 15) is 35.9 Å². The molecule has 1 aromatic heterocycles. The van der Waals surface area contributed by atoms with Crippen molar-refractivity contribution in [2.75, 3.05) is 6.54 Å². The number of nitrogens with two attached hydrogens (primary N) is 1. The highest BCUT2D eigenvalue weighted by atomic mass is 35.5. The van der Waals surface area contributed by atoms with Crippen LogP contribution in [0.3, 0.4) is 0 Å². The summed E-state index contributed by atoms with van der Waals surface area (Å²) in [6, 6.07) is 2.43. The predicted octanol–water partition coefficient (Wildman–Crippen LogP) is 3.44. The van der Waals surface area contributed by atoms with Crippen LogP contribution in [-0.2, 0) is 15.7 Å². The smallest absolute Gasteiger partial charge is 0.434 e. The molecule has 8 nitrogen and oxygen atoms in total. The van der Waals surface area contributed by atoms with Crippen LogP contribution in [0.2, 0.25) is 5.02 Å².